The van der Waals surface area contributed by atoms with Crippen molar-refractivity contribution in [3.8, 4) is 0 Å². The first-order valence-corrected chi connectivity index (χ1v) is 9.34. The molecule has 0 bridgehead atoms. The topological polar surface area (TPSA) is 88.7 Å². The van der Waals surface area contributed by atoms with Crippen molar-refractivity contribution < 1.29 is 19.1 Å². The Labute approximate surface area is 156 Å². The molecule has 2 atom stereocenters. The van der Waals surface area contributed by atoms with Crippen molar-refractivity contribution in [2.75, 3.05) is 19.8 Å². The zero-order valence-corrected chi connectivity index (χ0v) is 15.0. The predicted molar refractivity (Wildman–Crippen MR) is 98.6 cm³/mol. The van der Waals surface area contributed by atoms with Crippen LogP contribution in [0.2, 0.25) is 0 Å². The number of aromatic amines is 1. The second-order valence-corrected chi connectivity index (χ2v) is 7.02. The van der Waals surface area contributed by atoms with Crippen molar-refractivity contribution >= 4 is 22.6 Å². The Morgan fingerprint density at radius 2 is 2.04 bits per heavy atom. The SMILES string of the molecule is O=C(OCC(=O)N1CCO[C@H]2CCCC[C@H]21)c1cc2ccccc2c(=O)[nH]1. The number of hydrogen-bond acceptors (Lipinski definition) is 5. The first-order valence-electron chi connectivity index (χ1n) is 9.34. The van der Waals surface area contributed by atoms with E-state index in [0.717, 1.165) is 25.7 Å². The first kappa shape index (κ1) is 17.7. The number of ether oxygens (including phenoxy) is 2. The Bertz CT molecular complexity index is 920. The van der Waals surface area contributed by atoms with Gasteiger partial charge in [0.2, 0.25) is 0 Å². The average molecular weight is 370 g/mol. The lowest BCUT2D eigenvalue weighted by molar-refractivity contribution is -0.152. The van der Waals surface area contributed by atoms with Gasteiger partial charge in [0.1, 0.15) is 5.69 Å². The molecule has 0 unspecified atom stereocenters. The average Bonchev–Trinajstić information content (AvgIpc) is 2.71. The van der Waals surface area contributed by atoms with Crippen LogP contribution in [0.4, 0.5) is 0 Å². The van der Waals surface area contributed by atoms with Crippen LogP contribution in [0.1, 0.15) is 36.2 Å². The van der Waals surface area contributed by atoms with Crippen LogP contribution in [0.3, 0.4) is 0 Å². The lowest BCUT2D eigenvalue weighted by Crippen LogP contribution is -2.55. The minimum Gasteiger partial charge on any atom is -0.451 e. The van der Waals surface area contributed by atoms with Gasteiger partial charge in [-0.15, -0.1) is 0 Å². The number of esters is 1. The van der Waals surface area contributed by atoms with Gasteiger partial charge >= 0.3 is 5.97 Å². The van der Waals surface area contributed by atoms with Crippen LogP contribution in [-0.2, 0) is 14.3 Å². The molecule has 7 nitrogen and oxygen atoms in total. The quantitative estimate of drug-likeness (QED) is 0.833. The first-order chi connectivity index (χ1) is 13.1. The van der Waals surface area contributed by atoms with Crippen LogP contribution in [0, 0.1) is 0 Å². The molecule has 1 N–H and O–H groups in total. The molecule has 0 radical (unpaired) electrons. The van der Waals surface area contributed by atoms with Gasteiger partial charge in [-0.1, -0.05) is 31.0 Å². The van der Waals surface area contributed by atoms with Crippen LogP contribution in [0.25, 0.3) is 10.8 Å². The van der Waals surface area contributed by atoms with Gasteiger partial charge in [0.15, 0.2) is 6.61 Å². The Hall–Kier alpha value is -2.67. The maximum Gasteiger partial charge on any atom is 0.355 e. The molecule has 1 saturated carbocycles. The van der Waals surface area contributed by atoms with Gasteiger partial charge in [-0.2, -0.15) is 0 Å². The molecule has 1 aliphatic carbocycles. The molecule has 4 rings (SSSR count). The molecular formula is C20H22N2O5. The fraction of sp³-hybridized carbons (Fsp3) is 0.450. The highest BCUT2D eigenvalue weighted by Gasteiger charge is 2.36. The highest BCUT2D eigenvalue weighted by atomic mass is 16.5. The van der Waals surface area contributed by atoms with E-state index in [1.807, 2.05) is 0 Å². The van der Waals surface area contributed by atoms with Gasteiger partial charge in [0, 0.05) is 11.9 Å². The number of carbonyl (C=O) groups is 2. The van der Waals surface area contributed by atoms with Crippen molar-refractivity contribution in [3.63, 3.8) is 0 Å². The summed E-state index contributed by atoms with van der Waals surface area (Å²) in [5.74, 6) is -0.925. The molecule has 142 valence electrons. The number of nitrogens with one attached hydrogen (secondary N) is 1. The molecule has 1 aromatic carbocycles. The standard InChI is InChI=1S/C20H22N2O5/c23-18(22-9-10-26-17-8-4-3-7-16(17)22)12-27-20(25)15-11-13-5-1-2-6-14(13)19(24)21-15/h1-2,5-6,11,16-17H,3-4,7-10,12H2,(H,21,24)/t16-,17+/m1/s1. The van der Waals surface area contributed by atoms with Crippen molar-refractivity contribution in [2.45, 2.75) is 37.8 Å². The minimum atomic E-state index is -0.709. The summed E-state index contributed by atoms with van der Waals surface area (Å²) in [6.45, 7) is 0.695. The third-order valence-electron chi connectivity index (χ3n) is 5.35. The van der Waals surface area contributed by atoms with E-state index < -0.39 is 5.97 Å². The summed E-state index contributed by atoms with van der Waals surface area (Å²) in [5.41, 5.74) is -0.311. The molecule has 0 spiro atoms. The molecule has 1 aromatic heterocycles. The molecule has 27 heavy (non-hydrogen) atoms. The monoisotopic (exact) mass is 370 g/mol. The summed E-state index contributed by atoms with van der Waals surface area (Å²) < 4.78 is 11.0. The zero-order chi connectivity index (χ0) is 18.8. The number of H-pyrrole nitrogens is 1. The summed E-state index contributed by atoms with van der Waals surface area (Å²) in [6.07, 6.45) is 4.17. The largest absolute Gasteiger partial charge is 0.451 e. The fourth-order valence-electron chi connectivity index (χ4n) is 4.01. The van der Waals surface area contributed by atoms with Gasteiger partial charge in [-0.3, -0.25) is 9.59 Å². The van der Waals surface area contributed by atoms with Gasteiger partial charge in [0.25, 0.3) is 11.5 Å². The fourth-order valence-corrected chi connectivity index (χ4v) is 4.01. The van der Waals surface area contributed by atoms with E-state index >= 15 is 0 Å². The number of morpholine rings is 1. The number of hydrogen-bond donors (Lipinski definition) is 1. The second kappa shape index (κ2) is 7.52. The summed E-state index contributed by atoms with van der Waals surface area (Å²) >= 11 is 0. The number of rotatable bonds is 3. The number of amides is 1. The Morgan fingerprint density at radius 1 is 1.22 bits per heavy atom. The molecule has 1 aliphatic heterocycles. The van der Waals surface area contributed by atoms with Crippen molar-refractivity contribution in [2.24, 2.45) is 0 Å². The van der Waals surface area contributed by atoms with E-state index in [1.54, 1.807) is 35.2 Å². The lowest BCUT2D eigenvalue weighted by Gasteiger charge is -2.43. The normalized spacial score (nSPS) is 22.3. The smallest absolute Gasteiger partial charge is 0.355 e. The van der Waals surface area contributed by atoms with E-state index in [1.165, 1.54) is 0 Å². The molecule has 2 heterocycles. The molecular weight excluding hydrogens is 348 g/mol. The highest BCUT2D eigenvalue weighted by molar-refractivity contribution is 5.94. The zero-order valence-electron chi connectivity index (χ0n) is 15.0. The van der Waals surface area contributed by atoms with Crippen molar-refractivity contribution in [1.29, 1.82) is 0 Å². The minimum absolute atomic E-state index is 0.0454. The van der Waals surface area contributed by atoms with E-state index in [4.69, 9.17) is 9.47 Å². The number of benzene rings is 1. The molecule has 2 fully saturated rings. The van der Waals surface area contributed by atoms with E-state index in [2.05, 4.69) is 4.98 Å². The molecule has 1 saturated heterocycles. The maximum absolute atomic E-state index is 12.6. The van der Waals surface area contributed by atoms with E-state index in [-0.39, 0.29) is 35.9 Å². The van der Waals surface area contributed by atoms with E-state index in [9.17, 15) is 14.4 Å². The van der Waals surface area contributed by atoms with Crippen LogP contribution < -0.4 is 5.56 Å². The van der Waals surface area contributed by atoms with Crippen LogP contribution in [0.15, 0.2) is 35.1 Å². The highest BCUT2D eigenvalue weighted by Crippen LogP contribution is 2.28. The predicted octanol–water partition coefficient (Wildman–Crippen LogP) is 1.85. The van der Waals surface area contributed by atoms with Crippen LogP contribution in [0.5, 0.6) is 0 Å². The molecule has 2 aromatic rings. The Kier molecular flexibility index (Phi) is 4.94. The molecule has 7 heteroatoms. The third-order valence-corrected chi connectivity index (χ3v) is 5.35. The van der Waals surface area contributed by atoms with Crippen molar-refractivity contribution in [1.82, 2.24) is 9.88 Å². The molecule has 2 aliphatic rings. The van der Waals surface area contributed by atoms with E-state index in [0.29, 0.717) is 23.9 Å². The van der Waals surface area contributed by atoms with Crippen LogP contribution in [-0.4, -0.2) is 53.7 Å². The Balaban J connectivity index is 1.43. The number of fused-ring (bicyclic) bond motifs is 2. The third kappa shape index (κ3) is 3.60. The second-order valence-electron chi connectivity index (χ2n) is 7.02. The summed E-state index contributed by atoms with van der Waals surface area (Å²) in [7, 11) is 0. The summed E-state index contributed by atoms with van der Waals surface area (Å²) in [5, 5.41) is 1.15. The van der Waals surface area contributed by atoms with Gasteiger partial charge < -0.3 is 19.4 Å². The van der Waals surface area contributed by atoms with Gasteiger partial charge in [0.05, 0.1) is 18.8 Å². The number of nitrogens with zero attached hydrogens (tertiary/aromatic N) is 1. The number of carbonyl (C=O) groups excluding carboxylic acids is 2. The van der Waals surface area contributed by atoms with Crippen molar-refractivity contribution in [3.05, 3.63) is 46.4 Å². The van der Waals surface area contributed by atoms with Crippen LogP contribution >= 0.6 is 0 Å². The summed E-state index contributed by atoms with van der Waals surface area (Å²) in [6, 6.07) is 8.62. The van der Waals surface area contributed by atoms with Gasteiger partial charge in [-0.25, -0.2) is 4.79 Å². The molecule has 1 amide bonds. The number of pyridine rings is 1. The maximum atomic E-state index is 12.6. The Morgan fingerprint density at radius 3 is 2.93 bits per heavy atom. The number of aromatic nitrogens is 1. The van der Waals surface area contributed by atoms with Gasteiger partial charge in [-0.05, 0) is 30.4 Å². The lowest BCUT2D eigenvalue weighted by atomic mass is 9.90. The summed E-state index contributed by atoms with van der Waals surface area (Å²) in [4.78, 5) is 41.3.